The van der Waals surface area contributed by atoms with Gasteiger partial charge in [0.1, 0.15) is 19.3 Å². The Morgan fingerprint density at radius 2 is 1.80 bits per heavy atom. The van der Waals surface area contributed by atoms with Crippen LogP contribution in [0.15, 0.2) is 36.4 Å². The first-order chi connectivity index (χ1) is 14.4. The molecule has 4 rings (SSSR count). The van der Waals surface area contributed by atoms with Crippen LogP contribution in [0.3, 0.4) is 0 Å². The normalized spacial score (nSPS) is 17.0. The SMILES string of the molecule is O=C(NF)C(Cc1ccc2c(c1)OCCO2)NC(=O)C1(c2ccc(Cl)cc2Cl)CC1. The number of carbonyl (C=O) groups is 2. The Morgan fingerprint density at radius 1 is 1.07 bits per heavy atom. The number of nitrogens with one attached hydrogen (secondary N) is 2. The van der Waals surface area contributed by atoms with Crippen molar-refractivity contribution >= 4 is 35.0 Å². The molecule has 30 heavy (non-hydrogen) atoms. The minimum absolute atomic E-state index is 0.0859. The third-order valence-corrected chi connectivity index (χ3v) is 5.94. The molecule has 2 aromatic carbocycles. The molecule has 1 heterocycles. The maximum atomic E-state index is 13.1. The summed E-state index contributed by atoms with van der Waals surface area (Å²) in [6.45, 7) is 0.885. The third kappa shape index (κ3) is 4.04. The summed E-state index contributed by atoms with van der Waals surface area (Å²) < 4.78 is 24.0. The molecule has 1 saturated carbocycles. The summed E-state index contributed by atoms with van der Waals surface area (Å²) in [5, 5.41) is 3.53. The van der Waals surface area contributed by atoms with Crippen molar-refractivity contribution in [2.24, 2.45) is 0 Å². The van der Waals surface area contributed by atoms with Crippen LogP contribution in [0.5, 0.6) is 11.5 Å². The lowest BCUT2D eigenvalue weighted by Gasteiger charge is -2.23. The van der Waals surface area contributed by atoms with E-state index in [2.05, 4.69) is 5.32 Å². The van der Waals surface area contributed by atoms with Crippen molar-refractivity contribution in [1.82, 2.24) is 10.9 Å². The summed E-state index contributed by atoms with van der Waals surface area (Å²) >= 11 is 12.2. The highest BCUT2D eigenvalue weighted by Crippen LogP contribution is 2.51. The number of hydrogen-bond acceptors (Lipinski definition) is 4. The van der Waals surface area contributed by atoms with E-state index in [4.69, 9.17) is 32.7 Å². The van der Waals surface area contributed by atoms with Crippen LogP contribution in [0.25, 0.3) is 0 Å². The van der Waals surface area contributed by atoms with Gasteiger partial charge in [0, 0.05) is 16.5 Å². The Bertz CT molecular complexity index is 997. The van der Waals surface area contributed by atoms with Crippen LogP contribution in [0.2, 0.25) is 10.0 Å². The van der Waals surface area contributed by atoms with Gasteiger partial charge in [-0.1, -0.05) is 35.3 Å². The van der Waals surface area contributed by atoms with Gasteiger partial charge in [-0.3, -0.25) is 9.59 Å². The quantitative estimate of drug-likeness (QED) is 0.657. The maximum absolute atomic E-state index is 13.1. The van der Waals surface area contributed by atoms with Gasteiger partial charge in [-0.05, 0) is 48.2 Å². The largest absolute Gasteiger partial charge is 0.486 e. The molecule has 158 valence electrons. The zero-order valence-corrected chi connectivity index (χ0v) is 17.4. The van der Waals surface area contributed by atoms with Gasteiger partial charge in [-0.2, -0.15) is 5.54 Å². The number of rotatable bonds is 6. The standard InChI is InChI=1S/C21H19Cl2FN2O4/c22-13-2-3-14(15(23)11-13)21(5-6-21)20(28)25-16(19(27)26-24)9-12-1-4-17-18(10-12)30-8-7-29-17/h1-4,10-11,16H,5-9H2,(H,25,28)(H,26,27). The Kier molecular flexibility index (Phi) is 5.75. The van der Waals surface area contributed by atoms with E-state index < -0.39 is 17.4 Å². The monoisotopic (exact) mass is 452 g/mol. The van der Waals surface area contributed by atoms with Crippen LogP contribution in [-0.4, -0.2) is 31.1 Å². The average molecular weight is 453 g/mol. The molecule has 2 amide bonds. The number of carbonyl (C=O) groups excluding carboxylic acids is 2. The minimum Gasteiger partial charge on any atom is -0.486 e. The fourth-order valence-corrected chi connectivity index (χ4v) is 4.23. The molecule has 1 aliphatic carbocycles. The van der Waals surface area contributed by atoms with Crippen molar-refractivity contribution < 1.29 is 23.5 Å². The number of halogens is 3. The van der Waals surface area contributed by atoms with Crippen molar-refractivity contribution in [2.75, 3.05) is 13.2 Å². The van der Waals surface area contributed by atoms with E-state index in [1.807, 2.05) is 0 Å². The molecule has 1 fully saturated rings. The molecule has 9 heteroatoms. The molecule has 2 aromatic rings. The predicted octanol–water partition coefficient (Wildman–Crippen LogP) is 3.52. The Labute approximate surface area is 182 Å². The van der Waals surface area contributed by atoms with E-state index >= 15 is 0 Å². The highest BCUT2D eigenvalue weighted by Gasteiger charge is 2.53. The van der Waals surface area contributed by atoms with Gasteiger partial charge in [0.25, 0.3) is 5.91 Å². The van der Waals surface area contributed by atoms with Crippen LogP contribution < -0.4 is 20.3 Å². The van der Waals surface area contributed by atoms with E-state index in [-0.39, 0.29) is 12.3 Å². The number of ether oxygens (including phenoxy) is 2. The highest BCUT2D eigenvalue weighted by molar-refractivity contribution is 6.35. The zero-order valence-electron chi connectivity index (χ0n) is 15.8. The molecule has 1 unspecified atom stereocenters. The lowest BCUT2D eigenvalue weighted by molar-refractivity contribution is -0.132. The topological polar surface area (TPSA) is 76.7 Å². The van der Waals surface area contributed by atoms with Gasteiger partial charge >= 0.3 is 0 Å². The van der Waals surface area contributed by atoms with E-state index in [0.29, 0.717) is 58.7 Å². The summed E-state index contributed by atoms with van der Waals surface area (Å²) in [6.07, 6.45) is 1.24. The van der Waals surface area contributed by atoms with E-state index in [0.717, 1.165) is 5.54 Å². The molecule has 0 spiro atoms. The molecule has 0 saturated heterocycles. The molecule has 0 radical (unpaired) electrons. The molecule has 0 aromatic heterocycles. The Morgan fingerprint density at radius 3 is 2.47 bits per heavy atom. The predicted molar refractivity (Wildman–Crippen MR) is 110 cm³/mol. The van der Waals surface area contributed by atoms with Crippen LogP contribution in [0.1, 0.15) is 24.0 Å². The first-order valence-electron chi connectivity index (χ1n) is 9.48. The van der Waals surface area contributed by atoms with Crippen LogP contribution in [0, 0.1) is 0 Å². The van der Waals surface area contributed by atoms with Crippen molar-refractivity contribution in [1.29, 1.82) is 0 Å². The Balaban J connectivity index is 1.53. The fraction of sp³-hybridized carbons (Fsp3) is 0.333. The summed E-state index contributed by atoms with van der Waals surface area (Å²) in [5.74, 6) is -0.153. The van der Waals surface area contributed by atoms with E-state index in [1.165, 1.54) is 0 Å². The summed E-state index contributed by atoms with van der Waals surface area (Å²) in [5.41, 5.74) is 1.63. The lowest BCUT2D eigenvalue weighted by atomic mass is 9.94. The zero-order chi connectivity index (χ0) is 21.3. The number of fused-ring (bicyclic) bond motifs is 1. The van der Waals surface area contributed by atoms with Crippen LogP contribution in [0.4, 0.5) is 4.48 Å². The second-order valence-electron chi connectivity index (χ2n) is 7.37. The van der Waals surface area contributed by atoms with Crippen molar-refractivity contribution in [3.63, 3.8) is 0 Å². The molecular formula is C21H19Cl2FN2O4. The van der Waals surface area contributed by atoms with Gasteiger partial charge in [-0.15, -0.1) is 4.48 Å². The molecule has 2 N–H and O–H groups in total. The first kappa shape index (κ1) is 20.8. The van der Waals surface area contributed by atoms with Crippen molar-refractivity contribution in [2.45, 2.75) is 30.7 Å². The maximum Gasteiger partial charge on any atom is 0.270 e. The fourth-order valence-electron chi connectivity index (χ4n) is 3.64. The summed E-state index contributed by atoms with van der Waals surface area (Å²) in [4.78, 5) is 25.2. The first-order valence-corrected chi connectivity index (χ1v) is 10.2. The lowest BCUT2D eigenvalue weighted by Crippen LogP contribution is -2.49. The number of benzene rings is 2. The van der Waals surface area contributed by atoms with Gasteiger partial charge in [0.05, 0.1) is 5.41 Å². The van der Waals surface area contributed by atoms with Gasteiger partial charge in [-0.25, -0.2) is 0 Å². The van der Waals surface area contributed by atoms with Crippen LogP contribution >= 0.6 is 23.2 Å². The molecule has 0 bridgehead atoms. The average Bonchev–Trinajstić information content (AvgIpc) is 3.54. The van der Waals surface area contributed by atoms with E-state index in [1.54, 1.807) is 36.4 Å². The molecule has 2 aliphatic rings. The molecule has 1 atom stereocenters. The Hall–Kier alpha value is -2.51. The highest BCUT2D eigenvalue weighted by atomic mass is 35.5. The van der Waals surface area contributed by atoms with Crippen molar-refractivity contribution in [3.8, 4) is 11.5 Å². The summed E-state index contributed by atoms with van der Waals surface area (Å²) in [7, 11) is 0. The van der Waals surface area contributed by atoms with Gasteiger partial charge in [0.15, 0.2) is 11.5 Å². The second-order valence-corrected chi connectivity index (χ2v) is 8.22. The molecule has 1 aliphatic heterocycles. The number of hydrogen-bond donors (Lipinski definition) is 2. The van der Waals surface area contributed by atoms with Crippen molar-refractivity contribution in [3.05, 3.63) is 57.6 Å². The summed E-state index contributed by atoms with van der Waals surface area (Å²) in [6, 6.07) is 9.05. The molecule has 6 nitrogen and oxygen atoms in total. The van der Waals surface area contributed by atoms with Crippen LogP contribution in [-0.2, 0) is 21.4 Å². The van der Waals surface area contributed by atoms with Gasteiger partial charge in [0.2, 0.25) is 5.91 Å². The third-order valence-electron chi connectivity index (χ3n) is 5.39. The minimum atomic E-state index is -1.10. The second kappa shape index (κ2) is 8.32. The molecular weight excluding hydrogens is 434 g/mol. The van der Waals surface area contributed by atoms with E-state index in [9.17, 15) is 14.1 Å². The smallest absolute Gasteiger partial charge is 0.270 e. The van der Waals surface area contributed by atoms with Gasteiger partial charge < -0.3 is 14.8 Å². The number of amides is 2.